The molecular weight excluding hydrogens is 239 g/mol. The molecule has 0 radical (unpaired) electrons. The maximum absolute atomic E-state index is 12.9. The molecule has 100 valence electrons. The molecule has 0 N–H and O–H groups in total. The number of halogens is 1. The van der Waals surface area contributed by atoms with Crippen molar-refractivity contribution in [2.75, 3.05) is 0 Å². The highest BCUT2D eigenvalue weighted by Gasteiger charge is 2.22. The van der Waals surface area contributed by atoms with Crippen molar-refractivity contribution in [1.82, 2.24) is 0 Å². The Morgan fingerprint density at radius 2 is 1.78 bits per heavy atom. The molecular formula is C16H25FSi. The van der Waals surface area contributed by atoms with Gasteiger partial charge in [0.25, 0.3) is 0 Å². The molecule has 1 heterocycles. The summed E-state index contributed by atoms with van der Waals surface area (Å²) in [5, 5.41) is 0. The smallest absolute Gasteiger partial charge is 0.123 e. The van der Waals surface area contributed by atoms with Crippen LogP contribution in [-0.4, -0.2) is 8.80 Å². The zero-order valence-electron chi connectivity index (χ0n) is 11.5. The molecule has 0 amide bonds. The summed E-state index contributed by atoms with van der Waals surface area (Å²) in [7, 11) is -0.404. The number of hydrogen-bond donors (Lipinski definition) is 0. The molecule has 0 unspecified atom stereocenters. The van der Waals surface area contributed by atoms with Gasteiger partial charge in [-0.2, -0.15) is 0 Å². The summed E-state index contributed by atoms with van der Waals surface area (Å²) in [6, 6.07) is 11.8. The minimum Gasteiger partial charge on any atom is -0.207 e. The van der Waals surface area contributed by atoms with Crippen LogP contribution < -0.4 is 0 Å². The highest BCUT2D eigenvalue weighted by atomic mass is 28.3. The van der Waals surface area contributed by atoms with Gasteiger partial charge in [-0.15, -0.1) is 0 Å². The Hall–Kier alpha value is -0.633. The third-order valence-electron chi connectivity index (χ3n) is 4.40. The summed E-state index contributed by atoms with van der Waals surface area (Å²) >= 11 is 0. The summed E-state index contributed by atoms with van der Waals surface area (Å²) in [5.41, 5.74) is 1.36. The zero-order chi connectivity index (χ0) is 12.8. The minimum absolute atomic E-state index is 0.110. The molecule has 1 aromatic rings. The van der Waals surface area contributed by atoms with E-state index < -0.39 is 8.80 Å². The molecule has 0 saturated carbocycles. The van der Waals surface area contributed by atoms with Gasteiger partial charge in [0.2, 0.25) is 0 Å². The molecule has 1 saturated heterocycles. The SMILES string of the molecule is CCCCC[Si@H]1CC[C@H](c2ccc(F)cc2)CC1. The Labute approximate surface area is 112 Å². The van der Waals surface area contributed by atoms with Crippen molar-refractivity contribution < 1.29 is 4.39 Å². The Bertz CT molecular complexity index is 339. The molecule has 1 aliphatic heterocycles. The molecule has 0 atom stereocenters. The van der Waals surface area contributed by atoms with Crippen molar-refractivity contribution >= 4 is 8.80 Å². The predicted octanol–water partition coefficient (Wildman–Crippen LogP) is 5.12. The van der Waals surface area contributed by atoms with Gasteiger partial charge in [0, 0.05) is 8.80 Å². The monoisotopic (exact) mass is 264 g/mol. The topological polar surface area (TPSA) is 0 Å². The van der Waals surface area contributed by atoms with Crippen LogP contribution in [-0.2, 0) is 0 Å². The number of rotatable bonds is 5. The summed E-state index contributed by atoms with van der Waals surface area (Å²) in [6.07, 6.45) is 6.95. The van der Waals surface area contributed by atoms with Crippen LogP contribution in [0.5, 0.6) is 0 Å². The normalized spacial score (nSPS) is 24.1. The van der Waals surface area contributed by atoms with Crippen LogP contribution in [0.4, 0.5) is 4.39 Å². The first kappa shape index (κ1) is 13.8. The molecule has 0 spiro atoms. The van der Waals surface area contributed by atoms with E-state index in [9.17, 15) is 4.39 Å². The maximum atomic E-state index is 12.9. The lowest BCUT2D eigenvalue weighted by Gasteiger charge is -2.28. The summed E-state index contributed by atoms with van der Waals surface area (Å²) in [4.78, 5) is 0. The van der Waals surface area contributed by atoms with E-state index in [-0.39, 0.29) is 5.82 Å². The second-order valence-corrected chi connectivity index (χ2v) is 9.23. The Balaban J connectivity index is 1.77. The molecule has 1 fully saturated rings. The first-order valence-corrected chi connectivity index (χ1v) is 10.00. The second kappa shape index (κ2) is 7.08. The van der Waals surface area contributed by atoms with Gasteiger partial charge in [-0.05, 0) is 36.5 Å². The Morgan fingerprint density at radius 3 is 2.39 bits per heavy atom. The van der Waals surface area contributed by atoms with Crippen molar-refractivity contribution in [3.63, 3.8) is 0 Å². The van der Waals surface area contributed by atoms with Crippen LogP contribution in [0.2, 0.25) is 18.1 Å². The van der Waals surface area contributed by atoms with Gasteiger partial charge in [-0.3, -0.25) is 0 Å². The third-order valence-corrected chi connectivity index (χ3v) is 7.93. The Morgan fingerprint density at radius 1 is 1.11 bits per heavy atom. The van der Waals surface area contributed by atoms with Crippen LogP contribution in [0.1, 0.15) is 50.5 Å². The highest BCUT2D eigenvalue weighted by molar-refractivity contribution is 6.59. The molecule has 1 aromatic carbocycles. The van der Waals surface area contributed by atoms with Crippen LogP contribution >= 0.6 is 0 Å². The molecule has 2 rings (SSSR count). The van der Waals surface area contributed by atoms with E-state index in [1.54, 1.807) is 18.2 Å². The molecule has 0 aromatic heterocycles. The van der Waals surface area contributed by atoms with E-state index in [0.717, 1.165) is 0 Å². The standard InChI is InChI=1S/C16H25FSi/c1-2-3-4-11-18-12-9-15(10-13-18)14-5-7-16(17)8-6-14/h5-8,15,18H,2-4,9-13H2,1H3/t15-,18-. The Kier molecular flexibility index (Phi) is 5.42. The van der Waals surface area contributed by atoms with Gasteiger partial charge in [0.05, 0.1) is 0 Å². The van der Waals surface area contributed by atoms with E-state index in [0.29, 0.717) is 5.92 Å². The first-order valence-electron chi connectivity index (χ1n) is 7.55. The van der Waals surface area contributed by atoms with Crippen LogP contribution in [0, 0.1) is 5.82 Å². The van der Waals surface area contributed by atoms with Crippen LogP contribution in [0.3, 0.4) is 0 Å². The van der Waals surface area contributed by atoms with E-state index in [4.69, 9.17) is 0 Å². The van der Waals surface area contributed by atoms with Crippen molar-refractivity contribution in [1.29, 1.82) is 0 Å². The van der Waals surface area contributed by atoms with Gasteiger partial charge < -0.3 is 0 Å². The zero-order valence-corrected chi connectivity index (χ0v) is 12.7. The van der Waals surface area contributed by atoms with Gasteiger partial charge in [0.15, 0.2) is 0 Å². The maximum Gasteiger partial charge on any atom is 0.123 e. The summed E-state index contributed by atoms with van der Waals surface area (Å²) in [6.45, 7) is 2.28. The highest BCUT2D eigenvalue weighted by Crippen LogP contribution is 2.35. The summed E-state index contributed by atoms with van der Waals surface area (Å²) < 4.78 is 12.9. The van der Waals surface area contributed by atoms with E-state index >= 15 is 0 Å². The van der Waals surface area contributed by atoms with Crippen LogP contribution in [0.25, 0.3) is 0 Å². The predicted molar refractivity (Wildman–Crippen MR) is 79.5 cm³/mol. The number of benzene rings is 1. The molecule has 0 bridgehead atoms. The molecule has 0 aliphatic carbocycles. The average Bonchev–Trinajstić information content (AvgIpc) is 2.41. The van der Waals surface area contributed by atoms with E-state index in [1.807, 2.05) is 12.1 Å². The second-order valence-electron chi connectivity index (χ2n) is 5.76. The first-order chi connectivity index (χ1) is 8.79. The molecule has 0 nitrogen and oxygen atoms in total. The number of unbranched alkanes of at least 4 members (excludes halogenated alkanes) is 2. The quantitative estimate of drug-likeness (QED) is 0.511. The molecule has 2 heteroatoms. The van der Waals surface area contributed by atoms with Gasteiger partial charge in [-0.1, -0.05) is 56.5 Å². The minimum atomic E-state index is -0.404. The average molecular weight is 264 g/mol. The van der Waals surface area contributed by atoms with Gasteiger partial charge in [0.1, 0.15) is 5.82 Å². The van der Waals surface area contributed by atoms with E-state index in [2.05, 4.69) is 6.92 Å². The third kappa shape index (κ3) is 3.94. The fourth-order valence-electron chi connectivity index (χ4n) is 3.20. The number of hydrogen-bond acceptors (Lipinski definition) is 0. The van der Waals surface area contributed by atoms with Crippen LogP contribution in [0.15, 0.2) is 24.3 Å². The summed E-state index contributed by atoms with van der Waals surface area (Å²) in [5.74, 6) is 0.599. The van der Waals surface area contributed by atoms with Crippen molar-refractivity contribution in [3.8, 4) is 0 Å². The molecule has 1 aliphatic rings. The van der Waals surface area contributed by atoms with E-state index in [1.165, 1.54) is 49.8 Å². The van der Waals surface area contributed by atoms with Gasteiger partial charge >= 0.3 is 0 Å². The lowest BCUT2D eigenvalue weighted by atomic mass is 9.93. The largest absolute Gasteiger partial charge is 0.207 e. The lowest BCUT2D eigenvalue weighted by molar-refractivity contribution is 0.596. The van der Waals surface area contributed by atoms with Crippen molar-refractivity contribution in [2.24, 2.45) is 0 Å². The van der Waals surface area contributed by atoms with Gasteiger partial charge in [-0.25, -0.2) is 4.39 Å². The fraction of sp³-hybridized carbons (Fsp3) is 0.625. The van der Waals surface area contributed by atoms with Crippen molar-refractivity contribution in [3.05, 3.63) is 35.6 Å². The lowest BCUT2D eigenvalue weighted by Crippen LogP contribution is -2.20. The fourth-order valence-corrected chi connectivity index (χ4v) is 6.68. The van der Waals surface area contributed by atoms with Crippen molar-refractivity contribution in [2.45, 2.75) is 63.1 Å². The molecule has 18 heavy (non-hydrogen) atoms.